The molecule has 14 nitrogen and oxygen atoms in total. The van der Waals surface area contributed by atoms with Gasteiger partial charge in [0.25, 0.3) is 11.6 Å². The van der Waals surface area contributed by atoms with Gasteiger partial charge in [-0.3, -0.25) is 20.2 Å². The number of nitrogens with one attached hydrogen (secondary N) is 2. The van der Waals surface area contributed by atoms with Gasteiger partial charge in [-0.2, -0.15) is 0 Å². The summed E-state index contributed by atoms with van der Waals surface area (Å²) in [6.07, 6.45) is -0.468. The monoisotopic (exact) mass is 668 g/mol. The van der Waals surface area contributed by atoms with E-state index >= 15 is 0 Å². The van der Waals surface area contributed by atoms with E-state index in [0.29, 0.717) is 63.7 Å². The van der Waals surface area contributed by atoms with Gasteiger partial charge in [0.15, 0.2) is 11.5 Å². The second-order valence-electron chi connectivity index (χ2n) is 10.5. The molecule has 0 saturated carbocycles. The van der Waals surface area contributed by atoms with E-state index in [1.807, 2.05) is 0 Å². The highest BCUT2D eigenvalue weighted by Gasteiger charge is 2.34. The van der Waals surface area contributed by atoms with Gasteiger partial charge in [0.2, 0.25) is 5.75 Å². The fourth-order valence-electron chi connectivity index (χ4n) is 5.40. The Morgan fingerprint density at radius 3 is 2.53 bits per heavy atom. The number of aliphatic hydroxyl groups excluding tert-OH is 1. The summed E-state index contributed by atoms with van der Waals surface area (Å²) in [5.41, 5.74) is 2.88. The topological polar surface area (TPSA) is 175 Å². The zero-order chi connectivity index (χ0) is 33.7. The third-order valence-electron chi connectivity index (χ3n) is 7.67. The van der Waals surface area contributed by atoms with Crippen molar-refractivity contribution in [2.45, 2.75) is 18.9 Å². The number of rotatable bonds is 13. The number of benzene rings is 3. The van der Waals surface area contributed by atoms with E-state index in [4.69, 9.17) is 40.4 Å². The molecule has 1 atom stereocenters. The number of H-pyrrole nitrogens is 1. The summed E-state index contributed by atoms with van der Waals surface area (Å²) < 4.78 is 27.4. The first-order chi connectivity index (χ1) is 22.7. The van der Waals surface area contributed by atoms with Crippen LogP contribution in [0.5, 0.6) is 23.0 Å². The van der Waals surface area contributed by atoms with Gasteiger partial charge in [0.05, 0.1) is 44.4 Å². The van der Waals surface area contributed by atoms with Crippen LogP contribution >= 0.6 is 11.6 Å². The van der Waals surface area contributed by atoms with Crippen molar-refractivity contribution in [3.05, 3.63) is 75.5 Å². The first-order valence-electron chi connectivity index (χ1n) is 14.5. The lowest BCUT2D eigenvalue weighted by atomic mass is 10.0. The number of anilines is 2. The molecule has 0 aliphatic carbocycles. The van der Waals surface area contributed by atoms with Crippen molar-refractivity contribution in [2.24, 2.45) is 0 Å². The number of fused-ring (bicyclic) bond motifs is 2. The lowest BCUT2D eigenvalue weighted by Crippen LogP contribution is -2.30. The lowest BCUT2D eigenvalue weighted by molar-refractivity contribution is -0.385. The summed E-state index contributed by atoms with van der Waals surface area (Å²) in [7, 11) is 4.51. The summed E-state index contributed by atoms with van der Waals surface area (Å²) in [4.78, 5) is 42.1. The molecule has 15 heteroatoms. The number of methoxy groups -OCH3 is 3. The number of aromatic amines is 1. The lowest BCUT2D eigenvalue weighted by Gasteiger charge is -2.18. The molecule has 1 aliphatic heterocycles. The van der Waals surface area contributed by atoms with Crippen LogP contribution < -0.4 is 29.2 Å². The molecule has 2 heterocycles. The number of halogens is 1. The number of carbonyl (C=O) groups excluding carboxylic acids is 2. The molecule has 0 spiro atoms. The van der Waals surface area contributed by atoms with Gasteiger partial charge in [-0.25, -0.2) is 4.79 Å². The van der Waals surface area contributed by atoms with Gasteiger partial charge >= 0.3 is 6.09 Å². The average molecular weight is 669 g/mol. The molecule has 1 unspecified atom stereocenters. The van der Waals surface area contributed by atoms with Gasteiger partial charge in [-0.05, 0) is 35.9 Å². The van der Waals surface area contributed by atoms with Gasteiger partial charge in [0, 0.05) is 59.8 Å². The van der Waals surface area contributed by atoms with Crippen molar-refractivity contribution >= 4 is 51.6 Å². The van der Waals surface area contributed by atoms with Crippen molar-refractivity contribution in [3.63, 3.8) is 0 Å². The highest BCUT2D eigenvalue weighted by Crippen LogP contribution is 2.44. The van der Waals surface area contributed by atoms with Crippen LogP contribution in [0.1, 0.15) is 34.0 Å². The van der Waals surface area contributed by atoms with Crippen molar-refractivity contribution in [3.8, 4) is 23.0 Å². The fraction of sp³-hybridized carbons (Fsp3) is 0.312. The van der Waals surface area contributed by atoms with Crippen LogP contribution in [-0.4, -0.2) is 74.0 Å². The maximum Gasteiger partial charge on any atom is 0.411 e. The zero-order valence-electron chi connectivity index (χ0n) is 25.8. The number of nitrogens with zero attached hydrogens (tertiary/aromatic N) is 2. The standard InChI is InChI=1S/C32H33ClN4O10/c1-43-27-12-19-11-24(35-28(19)30(45-3)29(27)44-2)31(39)36-16-20(15-33)23-8-6-21(13-25(23)36)34-32(40)47-17-18-5-7-22(37(41)42)14-26(18)46-10-4-9-38/h5-8,11-14,20,35,38H,4,9-10,15-17H2,1-3H3,(H,34,40). The molecule has 5 rings (SSSR count). The van der Waals surface area contributed by atoms with E-state index in [1.54, 1.807) is 35.2 Å². The number of alkyl halides is 1. The van der Waals surface area contributed by atoms with Crippen LogP contribution in [0.15, 0.2) is 48.5 Å². The molecule has 2 amide bonds. The zero-order valence-corrected chi connectivity index (χ0v) is 26.6. The highest BCUT2D eigenvalue weighted by molar-refractivity contribution is 6.19. The molecule has 1 aromatic heterocycles. The highest BCUT2D eigenvalue weighted by atomic mass is 35.5. The molecule has 0 fully saturated rings. The van der Waals surface area contributed by atoms with Gasteiger partial charge < -0.3 is 38.7 Å². The summed E-state index contributed by atoms with van der Waals surface area (Å²) >= 11 is 6.29. The molecule has 248 valence electrons. The number of ether oxygens (including phenoxy) is 5. The van der Waals surface area contributed by atoms with Crippen LogP contribution in [0, 0.1) is 10.1 Å². The smallest absolute Gasteiger partial charge is 0.411 e. The molecule has 3 N–H and O–H groups in total. The van der Waals surface area contributed by atoms with Gasteiger partial charge in [-0.15, -0.1) is 11.6 Å². The molecule has 47 heavy (non-hydrogen) atoms. The number of nitro groups is 1. The number of carbonyl (C=O) groups is 2. The summed E-state index contributed by atoms with van der Waals surface area (Å²) in [5, 5.41) is 23.6. The Balaban J connectivity index is 1.35. The molecule has 0 bridgehead atoms. The van der Waals surface area contributed by atoms with Crippen molar-refractivity contribution in [1.82, 2.24) is 4.98 Å². The molecule has 4 aromatic rings. The van der Waals surface area contributed by atoms with Crippen LogP contribution in [0.4, 0.5) is 21.9 Å². The second kappa shape index (κ2) is 14.5. The van der Waals surface area contributed by atoms with E-state index < -0.39 is 11.0 Å². The van der Waals surface area contributed by atoms with Crippen molar-refractivity contribution in [2.75, 3.05) is 57.2 Å². The Morgan fingerprint density at radius 1 is 1.06 bits per heavy atom. The third kappa shape index (κ3) is 6.83. The number of non-ortho nitro benzene ring substituents is 1. The van der Waals surface area contributed by atoms with E-state index in [1.165, 1.54) is 39.5 Å². The Morgan fingerprint density at radius 2 is 1.85 bits per heavy atom. The van der Waals surface area contributed by atoms with Crippen LogP contribution in [-0.2, 0) is 11.3 Å². The van der Waals surface area contributed by atoms with Crippen LogP contribution in [0.25, 0.3) is 10.9 Å². The Kier molecular flexibility index (Phi) is 10.2. The van der Waals surface area contributed by atoms with Crippen molar-refractivity contribution < 1.29 is 43.3 Å². The van der Waals surface area contributed by atoms with Gasteiger partial charge in [-0.1, -0.05) is 6.07 Å². The molecule has 0 radical (unpaired) electrons. The molecular weight excluding hydrogens is 636 g/mol. The quantitative estimate of drug-likeness (QED) is 0.0704. The minimum atomic E-state index is -0.792. The largest absolute Gasteiger partial charge is 0.493 e. The number of amides is 2. The summed E-state index contributed by atoms with van der Waals surface area (Å²) in [6.45, 7) is 0.101. The number of hydrogen-bond acceptors (Lipinski definition) is 10. The Labute approximate surface area is 274 Å². The summed E-state index contributed by atoms with van der Waals surface area (Å²) in [6, 6.07) is 12.6. The van der Waals surface area contributed by atoms with E-state index in [9.17, 15) is 19.7 Å². The maximum atomic E-state index is 13.9. The van der Waals surface area contributed by atoms with E-state index in [-0.39, 0.29) is 49.0 Å². The van der Waals surface area contributed by atoms with Crippen LogP contribution in [0.2, 0.25) is 0 Å². The predicted octanol–water partition coefficient (Wildman–Crippen LogP) is 5.59. The predicted molar refractivity (Wildman–Crippen MR) is 174 cm³/mol. The normalized spacial score (nSPS) is 13.6. The fourth-order valence-corrected chi connectivity index (χ4v) is 5.66. The molecule has 1 aliphatic rings. The maximum absolute atomic E-state index is 13.9. The van der Waals surface area contributed by atoms with Crippen LogP contribution in [0.3, 0.4) is 0 Å². The number of hydrogen-bond donors (Lipinski definition) is 3. The third-order valence-corrected chi connectivity index (χ3v) is 8.05. The van der Waals surface area contributed by atoms with Gasteiger partial charge in [0.1, 0.15) is 18.1 Å². The SMILES string of the molecule is COc1cc2cc(C(=O)N3CC(CCl)c4ccc(NC(=O)OCc5ccc([N+](=O)[O-])cc5OCCCO)cc43)[nH]c2c(OC)c1OC. The first kappa shape index (κ1) is 33.2. The van der Waals surface area contributed by atoms with Crippen molar-refractivity contribution in [1.29, 1.82) is 0 Å². The molecular formula is C32H33ClN4O10. The molecule has 0 saturated heterocycles. The van der Waals surface area contributed by atoms with E-state index in [2.05, 4.69) is 10.3 Å². The minimum absolute atomic E-state index is 0.112. The first-order valence-corrected chi connectivity index (χ1v) is 15.0. The number of aromatic nitrogens is 1. The average Bonchev–Trinajstić information content (AvgIpc) is 3.67. The Bertz CT molecular complexity index is 1810. The molecule has 3 aromatic carbocycles. The number of nitro benzene ring substituents is 1. The Hall–Kier alpha value is -5.21. The summed E-state index contributed by atoms with van der Waals surface area (Å²) in [5.74, 6) is 1.22. The minimum Gasteiger partial charge on any atom is -0.493 e. The van der Waals surface area contributed by atoms with E-state index in [0.717, 1.165) is 5.56 Å². The number of aliphatic hydroxyl groups is 1. The second-order valence-corrected chi connectivity index (χ2v) is 10.8.